The van der Waals surface area contributed by atoms with Gasteiger partial charge in [-0.15, -0.1) is 0 Å². The van der Waals surface area contributed by atoms with Crippen LogP contribution in [0.5, 0.6) is 0 Å². The van der Waals surface area contributed by atoms with Crippen LogP contribution in [-0.4, -0.2) is 6.54 Å². The lowest BCUT2D eigenvalue weighted by Crippen LogP contribution is -2.15. The predicted molar refractivity (Wildman–Crippen MR) is 78.0 cm³/mol. The molecule has 0 heterocycles. The van der Waals surface area contributed by atoms with Gasteiger partial charge >= 0.3 is 0 Å². The van der Waals surface area contributed by atoms with E-state index in [1.54, 1.807) is 0 Å². The molecule has 0 N–H and O–H groups in total. The average Bonchev–Trinajstić information content (AvgIpc) is 2.35. The van der Waals surface area contributed by atoms with E-state index in [2.05, 4.69) is 83.2 Å². The second kappa shape index (κ2) is 5.37. The van der Waals surface area contributed by atoms with E-state index in [0.717, 1.165) is 11.0 Å². The second-order valence-electron chi connectivity index (χ2n) is 4.06. The van der Waals surface area contributed by atoms with Gasteiger partial charge in [0.2, 0.25) is 0 Å². The molecule has 0 saturated carbocycles. The van der Waals surface area contributed by atoms with Gasteiger partial charge in [0.15, 0.2) is 0 Å². The molecule has 0 saturated heterocycles. The molecule has 0 fully saturated rings. The Labute approximate surface area is 111 Å². The van der Waals surface area contributed by atoms with Gasteiger partial charge in [-0.25, -0.2) is 0 Å². The van der Waals surface area contributed by atoms with E-state index < -0.39 is 0 Å². The highest BCUT2D eigenvalue weighted by atomic mass is 79.9. The minimum Gasteiger partial charge on any atom is -0.342 e. The number of anilines is 2. The van der Waals surface area contributed by atoms with Gasteiger partial charge < -0.3 is 4.90 Å². The molecule has 0 spiro atoms. The molecule has 0 aliphatic heterocycles. The summed E-state index contributed by atoms with van der Waals surface area (Å²) in [5.41, 5.74) is 3.75. The first kappa shape index (κ1) is 12.2. The Hall–Kier alpha value is -1.28. The van der Waals surface area contributed by atoms with Crippen LogP contribution < -0.4 is 4.90 Å². The van der Waals surface area contributed by atoms with E-state index in [1.165, 1.54) is 16.9 Å². The topological polar surface area (TPSA) is 3.24 Å². The summed E-state index contributed by atoms with van der Waals surface area (Å²) in [5.74, 6) is 0. The summed E-state index contributed by atoms with van der Waals surface area (Å²) in [7, 11) is 0. The number of rotatable bonds is 3. The first-order valence-electron chi connectivity index (χ1n) is 5.80. The fourth-order valence-electron chi connectivity index (χ4n) is 1.86. The maximum atomic E-state index is 3.46. The zero-order chi connectivity index (χ0) is 12.3. The van der Waals surface area contributed by atoms with Crippen LogP contribution in [0.4, 0.5) is 11.4 Å². The SMILES string of the molecule is CCN(c1ccc(C)cc1)c1ccc(Br)cc1. The van der Waals surface area contributed by atoms with Crippen LogP contribution in [0.1, 0.15) is 12.5 Å². The summed E-state index contributed by atoms with van der Waals surface area (Å²) in [6.45, 7) is 5.24. The summed E-state index contributed by atoms with van der Waals surface area (Å²) in [6, 6.07) is 17.1. The minimum atomic E-state index is 0.963. The van der Waals surface area contributed by atoms with E-state index in [9.17, 15) is 0 Å². The smallest absolute Gasteiger partial charge is 0.0411 e. The standard InChI is InChI=1S/C15H16BrN/c1-3-17(14-8-4-12(2)5-9-14)15-10-6-13(16)7-11-15/h4-11H,3H2,1-2H3. The Kier molecular flexibility index (Phi) is 3.85. The molecular formula is C15H16BrN. The average molecular weight is 290 g/mol. The largest absolute Gasteiger partial charge is 0.342 e. The zero-order valence-corrected chi connectivity index (χ0v) is 11.7. The summed E-state index contributed by atoms with van der Waals surface area (Å²) < 4.78 is 1.11. The van der Waals surface area contributed by atoms with Crippen molar-refractivity contribution >= 4 is 27.3 Å². The van der Waals surface area contributed by atoms with Gasteiger partial charge in [0.1, 0.15) is 0 Å². The molecule has 0 bridgehead atoms. The second-order valence-corrected chi connectivity index (χ2v) is 4.97. The number of aryl methyl sites for hydroxylation is 1. The summed E-state index contributed by atoms with van der Waals surface area (Å²) in [5, 5.41) is 0. The van der Waals surface area contributed by atoms with Crippen molar-refractivity contribution < 1.29 is 0 Å². The molecule has 1 nitrogen and oxygen atoms in total. The molecule has 0 radical (unpaired) electrons. The van der Waals surface area contributed by atoms with Crippen molar-refractivity contribution in [1.82, 2.24) is 0 Å². The highest BCUT2D eigenvalue weighted by molar-refractivity contribution is 9.10. The third-order valence-electron chi connectivity index (χ3n) is 2.80. The van der Waals surface area contributed by atoms with Gasteiger partial charge in [-0.2, -0.15) is 0 Å². The number of halogens is 1. The van der Waals surface area contributed by atoms with Crippen LogP contribution >= 0.6 is 15.9 Å². The molecule has 0 amide bonds. The van der Waals surface area contributed by atoms with Crippen molar-refractivity contribution in [1.29, 1.82) is 0 Å². The first-order valence-corrected chi connectivity index (χ1v) is 6.60. The van der Waals surface area contributed by atoms with Crippen molar-refractivity contribution in [3.63, 3.8) is 0 Å². The van der Waals surface area contributed by atoms with Crippen LogP contribution in [0, 0.1) is 6.92 Å². The molecule has 0 aliphatic rings. The van der Waals surface area contributed by atoms with Gasteiger partial charge in [-0.1, -0.05) is 33.6 Å². The van der Waals surface area contributed by atoms with Crippen LogP contribution in [0.15, 0.2) is 53.0 Å². The lowest BCUT2D eigenvalue weighted by molar-refractivity contribution is 1.02. The lowest BCUT2D eigenvalue weighted by atomic mass is 10.2. The molecule has 0 unspecified atom stereocenters. The third-order valence-corrected chi connectivity index (χ3v) is 3.33. The molecular weight excluding hydrogens is 274 g/mol. The monoisotopic (exact) mass is 289 g/mol. The molecule has 2 rings (SSSR count). The van der Waals surface area contributed by atoms with Crippen molar-refractivity contribution in [3.8, 4) is 0 Å². The van der Waals surface area contributed by atoms with Gasteiger partial charge in [0, 0.05) is 22.4 Å². The lowest BCUT2D eigenvalue weighted by Gasteiger charge is -2.23. The van der Waals surface area contributed by atoms with E-state index in [1.807, 2.05) is 0 Å². The van der Waals surface area contributed by atoms with Gasteiger partial charge in [-0.3, -0.25) is 0 Å². The fraction of sp³-hybridized carbons (Fsp3) is 0.200. The van der Waals surface area contributed by atoms with Crippen LogP contribution in [-0.2, 0) is 0 Å². The Morgan fingerprint density at radius 2 is 1.35 bits per heavy atom. The summed E-state index contributed by atoms with van der Waals surface area (Å²) in [4.78, 5) is 2.30. The van der Waals surface area contributed by atoms with Crippen molar-refractivity contribution in [2.24, 2.45) is 0 Å². The molecule has 0 aliphatic carbocycles. The predicted octanol–water partition coefficient (Wildman–Crippen LogP) is 4.92. The molecule has 2 aromatic carbocycles. The number of nitrogens with zero attached hydrogens (tertiary/aromatic N) is 1. The van der Waals surface area contributed by atoms with Crippen molar-refractivity contribution in [2.75, 3.05) is 11.4 Å². The minimum absolute atomic E-state index is 0.963. The van der Waals surface area contributed by atoms with Crippen LogP contribution in [0.3, 0.4) is 0 Å². The van der Waals surface area contributed by atoms with Gasteiger partial charge in [0.25, 0.3) is 0 Å². The summed E-state index contributed by atoms with van der Waals surface area (Å²) >= 11 is 3.46. The number of benzene rings is 2. The van der Waals surface area contributed by atoms with Crippen molar-refractivity contribution in [3.05, 3.63) is 58.6 Å². The van der Waals surface area contributed by atoms with Crippen molar-refractivity contribution in [2.45, 2.75) is 13.8 Å². The molecule has 2 aromatic rings. The van der Waals surface area contributed by atoms with Gasteiger partial charge in [0.05, 0.1) is 0 Å². The van der Waals surface area contributed by atoms with E-state index in [-0.39, 0.29) is 0 Å². The fourth-order valence-corrected chi connectivity index (χ4v) is 2.12. The molecule has 0 atom stereocenters. The Morgan fingerprint density at radius 3 is 1.82 bits per heavy atom. The maximum absolute atomic E-state index is 3.46. The maximum Gasteiger partial charge on any atom is 0.0411 e. The first-order chi connectivity index (χ1) is 8.20. The molecule has 17 heavy (non-hydrogen) atoms. The third kappa shape index (κ3) is 2.89. The van der Waals surface area contributed by atoms with E-state index in [4.69, 9.17) is 0 Å². The molecule has 88 valence electrons. The van der Waals surface area contributed by atoms with Gasteiger partial charge in [-0.05, 0) is 50.2 Å². The Balaban J connectivity index is 2.33. The van der Waals surface area contributed by atoms with E-state index in [0.29, 0.717) is 0 Å². The van der Waals surface area contributed by atoms with Crippen LogP contribution in [0.2, 0.25) is 0 Å². The number of hydrogen-bond donors (Lipinski definition) is 0. The zero-order valence-electron chi connectivity index (χ0n) is 10.2. The quantitative estimate of drug-likeness (QED) is 0.776. The Bertz CT molecular complexity index is 428. The molecule has 2 heteroatoms. The summed E-state index contributed by atoms with van der Waals surface area (Å²) in [6.07, 6.45) is 0. The normalized spacial score (nSPS) is 10.3. The molecule has 0 aromatic heterocycles. The van der Waals surface area contributed by atoms with Crippen LogP contribution in [0.25, 0.3) is 0 Å². The highest BCUT2D eigenvalue weighted by Crippen LogP contribution is 2.26. The number of hydrogen-bond acceptors (Lipinski definition) is 1. The highest BCUT2D eigenvalue weighted by Gasteiger charge is 2.06. The van der Waals surface area contributed by atoms with E-state index >= 15 is 0 Å². The Morgan fingerprint density at radius 1 is 0.882 bits per heavy atom.